The van der Waals surface area contributed by atoms with Crippen molar-refractivity contribution in [1.29, 1.82) is 0 Å². The third-order valence-electron chi connectivity index (χ3n) is 11.3. The van der Waals surface area contributed by atoms with E-state index in [1.807, 2.05) is 0 Å². The summed E-state index contributed by atoms with van der Waals surface area (Å²) in [5, 5.41) is 4.82. The van der Waals surface area contributed by atoms with Crippen LogP contribution in [-0.4, -0.2) is 0 Å². The fraction of sp³-hybridized carbons (Fsp3) is 0.444. The monoisotopic (exact) mass is 918 g/mol. The number of fused-ring (bicyclic) bond motifs is 2. The molecule has 0 aliphatic rings. The zero-order valence-corrected chi connectivity index (χ0v) is 38.1. The highest BCUT2D eigenvalue weighted by Gasteiger charge is 2.17. The predicted octanol–water partition coefficient (Wildman–Crippen LogP) is 17.1. The van der Waals surface area contributed by atoms with E-state index in [1.54, 1.807) is 0 Å². The summed E-state index contributed by atoms with van der Waals surface area (Å²) in [6.45, 7) is 4.61. The lowest BCUT2D eigenvalue weighted by Gasteiger charge is -2.17. The van der Waals surface area contributed by atoms with Crippen molar-refractivity contribution < 1.29 is 0 Å². The SMILES string of the molecule is CCCCCCCCCCCCc1cc2c(C#Cc3ccccc3)c3cc(Br)c(I)cc3c(C#Cc3ccccc3)c2cc1CCCCCCCCCCCC. The summed E-state index contributed by atoms with van der Waals surface area (Å²) >= 11 is 6.34. The van der Waals surface area contributed by atoms with Crippen molar-refractivity contribution >= 4 is 60.1 Å². The van der Waals surface area contributed by atoms with Gasteiger partial charge in [-0.05, 0) is 135 Å². The first-order chi connectivity index (χ1) is 27.6. The zero-order valence-electron chi connectivity index (χ0n) is 34.4. The number of hydrogen-bond acceptors (Lipinski definition) is 0. The van der Waals surface area contributed by atoms with Crippen molar-refractivity contribution in [1.82, 2.24) is 0 Å². The molecule has 0 N–H and O–H groups in total. The minimum Gasteiger partial charge on any atom is -0.0654 e. The van der Waals surface area contributed by atoms with Crippen LogP contribution in [0.3, 0.4) is 0 Å². The second kappa shape index (κ2) is 25.3. The maximum Gasteiger partial charge on any atom is 0.0407 e. The average molecular weight is 920 g/mol. The molecule has 0 saturated carbocycles. The molecule has 2 heteroatoms. The lowest BCUT2D eigenvalue weighted by molar-refractivity contribution is 0.553. The van der Waals surface area contributed by atoms with Crippen molar-refractivity contribution in [3.8, 4) is 23.7 Å². The molecule has 294 valence electrons. The molecule has 56 heavy (non-hydrogen) atoms. The van der Waals surface area contributed by atoms with E-state index in [1.165, 1.54) is 159 Å². The van der Waals surface area contributed by atoms with E-state index in [0.29, 0.717) is 0 Å². The van der Waals surface area contributed by atoms with Crippen molar-refractivity contribution in [3.05, 3.63) is 126 Å². The molecule has 0 aliphatic carbocycles. The Balaban J connectivity index is 1.51. The van der Waals surface area contributed by atoms with Crippen molar-refractivity contribution in [2.24, 2.45) is 0 Å². The summed E-state index contributed by atoms with van der Waals surface area (Å²) in [6, 6.07) is 30.5. The molecular formula is C54H64BrI. The van der Waals surface area contributed by atoms with Crippen molar-refractivity contribution in [2.75, 3.05) is 0 Å². The Kier molecular flexibility index (Phi) is 19.9. The number of hydrogen-bond donors (Lipinski definition) is 0. The van der Waals surface area contributed by atoms with Gasteiger partial charge >= 0.3 is 0 Å². The minimum atomic E-state index is 1.04. The number of aryl methyl sites for hydroxylation is 2. The van der Waals surface area contributed by atoms with Gasteiger partial charge in [-0.15, -0.1) is 0 Å². The van der Waals surface area contributed by atoms with E-state index < -0.39 is 0 Å². The first-order valence-corrected chi connectivity index (χ1v) is 24.0. The summed E-state index contributed by atoms with van der Waals surface area (Å²) in [5.74, 6) is 14.5. The third-order valence-corrected chi connectivity index (χ3v) is 13.6. The van der Waals surface area contributed by atoms with E-state index >= 15 is 0 Å². The number of unbranched alkanes of at least 4 members (excludes halogenated alkanes) is 18. The molecule has 0 nitrogen and oxygen atoms in total. The van der Waals surface area contributed by atoms with Crippen LogP contribution < -0.4 is 0 Å². The van der Waals surface area contributed by atoms with Crippen LogP contribution in [0.1, 0.15) is 176 Å². The van der Waals surface area contributed by atoms with Crippen LogP contribution >= 0.6 is 38.5 Å². The van der Waals surface area contributed by atoms with E-state index in [-0.39, 0.29) is 0 Å². The van der Waals surface area contributed by atoms with Gasteiger partial charge in [-0.25, -0.2) is 0 Å². The smallest absolute Gasteiger partial charge is 0.0407 e. The normalized spacial score (nSPS) is 11.1. The van der Waals surface area contributed by atoms with Gasteiger partial charge in [0.15, 0.2) is 0 Å². The molecule has 0 bridgehead atoms. The second-order valence-corrected chi connectivity index (χ2v) is 17.8. The van der Waals surface area contributed by atoms with E-state index in [2.05, 4.69) is 161 Å². The van der Waals surface area contributed by atoms with Crippen LogP contribution in [0.5, 0.6) is 0 Å². The van der Waals surface area contributed by atoms with Crippen LogP contribution in [0, 0.1) is 27.3 Å². The Morgan fingerprint density at radius 2 is 0.750 bits per heavy atom. The van der Waals surface area contributed by atoms with Crippen molar-refractivity contribution in [2.45, 2.75) is 155 Å². The highest BCUT2D eigenvalue weighted by Crippen LogP contribution is 2.38. The first-order valence-electron chi connectivity index (χ1n) is 22.1. The Morgan fingerprint density at radius 1 is 0.411 bits per heavy atom. The molecule has 0 heterocycles. The predicted molar refractivity (Wildman–Crippen MR) is 258 cm³/mol. The van der Waals surface area contributed by atoms with Crippen LogP contribution in [0.2, 0.25) is 0 Å². The van der Waals surface area contributed by atoms with E-state index in [0.717, 1.165) is 45.0 Å². The van der Waals surface area contributed by atoms with E-state index in [9.17, 15) is 0 Å². The lowest BCUT2D eigenvalue weighted by Crippen LogP contribution is -2.00. The molecule has 0 spiro atoms. The summed E-state index contributed by atoms with van der Waals surface area (Å²) in [6.07, 6.45) is 29.5. The molecular weight excluding hydrogens is 855 g/mol. The van der Waals surface area contributed by atoms with Gasteiger partial charge in [-0.1, -0.05) is 190 Å². The maximum atomic E-state index is 3.89. The molecule has 5 rings (SSSR count). The number of halogens is 2. The molecule has 5 aromatic rings. The maximum absolute atomic E-state index is 3.89. The average Bonchev–Trinajstić information content (AvgIpc) is 3.22. The highest BCUT2D eigenvalue weighted by molar-refractivity contribution is 14.1. The van der Waals surface area contributed by atoms with Crippen LogP contribution in [-0.2, 0) is 12.8 Å². The summed E-state index contributed by atoms with van der Waals surface area (Å²) in [5.41, 5.74) is 7.33. The van der Waals surface area contributed by atoms with Crippen LogP contribution in [0.15, 0.2) is 89.4 Å². The minimum absolute atomic E-state index is 1.04. The van der Waals surface area contributed by atoms with Crippen molar-refractivity contribution in [3.63, 3.8) is 0 Å². The van der Waals surface area contributed by atoms with Gasteiger partial charge in [0.1, 0.15) is 0 Å². The van der Waals surface area contributed by atoms with Gasteiger partial charge in [0, 0.05) is 41.1 Å². The molecule has 0 fully saturated rings. The molecule has 0 amide bonds. The van der Waals surface area contributed by atoms with E-state index in [4.69, 9.17) is 0 Å². The number of rotatable bonds is 22. The molecule has 0 aliphatic heterocycles. The fourth-order valence-corrected chi connectivity index (χ4v) is 8.82. The molecule has 0 atom stereocenters. The lowest BCUT2D eigenvalue weighted by atomic mass is 9.86. The van der Waals surface area contributed by atoms with Gasteiger partial charge in [-0.2, -0.15) is 0 Å². The molecule has 0 unspecified atom stereocenters. The standard InChI is InChI=1S/C54H64BrI/c1-3-5-7-9-11-13-15-17-19-27-33-45-39-49-47(37-35-43-29-23-21-24-30-43)51-41-53(55)54(56)42-52(51)48(38-36-44-31-25-22-26-32-44)50(49)40-46(45)34-28-20-18-16-14-12-10-8-6-4-2/h21-26,29-32,39-42H,3-20,27-28,33-34H2,1-2H3. The topological polar surface area (TPSA) is 0 Å². The Hall–Kier alpha value is -3.05. The first kappa shape index (κ1) is 44.1. The highest BCUT2D eigenvalue weighted by atomic mass is 127. The fourth-order valence-electron chi connectivity index (χ4n) is 8.01. The molecule has 0 radical (unpaired) electrons. The Bertz CT molecular complexity index is 1910. The van der Waals surface area contributed by atoms with Gasteiger partial charge < -0.3 is 0 Å². The second-order valence-electron chi connectivity index (χ2n) is 15.8. The Labute approximate surface area is 362 Å². The zero-order chi connectivity index (χ0) is 39.2. The molecule has 0 saturated heterocycles. The van der Waals surface area contributed by atoms with Gasteiger partial charge in [0.2, 0.25) is 0 Å². The van der Waals surface area contributed by atoms with Gasteiger partial charge in [0.05, 0.1) is 0 Å². The number of benzene rings is 5. The van der Waals surface area contributed by atoms with Crippen LogP contribution in [0.25, 0.3) is 21.5 Å². The summed E-state index contributed by atoms with van der Waals surface area (Å²) < 4.78 is 2.28. The summed E-state index contributed by atoms with van der Waals surface area (Å²) in [4.78, 5) is 0. The molecule has 0 aromatic heterocycles. The molecule has 5 aromatic carbocycles. The van der Waals surface area contributed by atoms with Crippen LogP contribution in [0.4, 0.5) is 0 Å². The quantitative estimate of drug-likeness (QED) is 0.0281. The largest absolute Gasteiger partial charge is 0.0654 e. The van der Waals surface area contributed by atoms with Gasteiger partial charge in [-0.3, -0.25) is 0 Å². The summed E-state index contributed by atoms with van der Waals surface area (Å²) in [7, 11) is 0. The van der Waals surface area contributed by atoms with Gasteiger partial charge in [0.25, 0.3) is 0 Å². The third kappa shape index (κ3) is 14.1. The Morgan fingerprint density at radius 3 is 1.14 bits per heavy atom.